The number of ketones is 2. The highest BCUT2D eigenvalue weighted by Crippen LogP contribution is 2.69. The van der Waals surface area contributed by atoms with Gasteiger partial charge in [-0.15, -0.1) is 0 Å². The van der Waals surface area contributed by atoms with Crippen LogP contribution < -0.4 is 0 Å². The average molecular weight is 1120 g/mol. The van der Waals surface area contributed by atoms with E-state index < -0.39 is 12.1 Å². The van der Waals surface area contributed by atoms with E-state index >= 15 is 0 Å². The minimum atomic E-state index is -0.676. The van der Waals surface area contributed by atoms with E-state index in [9.17, 15) is 30.0 Å². The number of phenols is 2. The Morgan fingerprint density at radius 3 is 1.33 bits per heavy atom. The number of hydrogen-bond donors (Lipinski definition) is 4. The third-order valence-corrected chi connectivity index (χ3v) is 25.3. The van der Waals surface area contributed by atoms with Crippen LogP contribution in [0.5, 0.6) is 11.5 Å². The molecule has 450 valence electrons. The van der Waals surface area contributed by atoms with Gasteiger partial charge in [0.25, 0.3) is 0 Å². The van der Waals surface area contributed by atoms with Crippen LogP contribution in [0.15, 0.2) is 69.7 Å². The van der Waals surface area contributed by atoms with Gasteiger partial charge in [0.1, 0.15) is 23.1 Å². The lowest BCUT2D eigenvalue weighted by Crippen LogP contribution is -2.50. The van der Waals surface area contributed by atoms with Gasteiger partial charge in [0, 0.05) is 49.2 Å². The number of carbonyl (C=O) groups is 2. The Hall–Kier alpha value is -3.88. The zero-order valence-corrected chi connectivity index (χ0v) is 52.9. The summed E-state index contributed by atoms with van der Waals surface area (Å²) in [5.74, 6) is 6.60. The standard InChI is InChI=1S/C74H108N2O6/c1-45(57-27-29-59-55-25-21-49-39-53(79)31-35-71(49,9)61(55)33-37-73(57,59)11)19-23-51(77)41-65(75-43-47-15-13-17-63(67(47)81)69(3,4)5)66(76-44-48-16-14-18-64(68(48)82)70(6,7)8)42-52(78)24-20-46(2)58-28-30-60-56-26-22-50-40-54(80)32-36-72(50,10)62(56)34-38-74(58,60)12/h13-18,21-22,43-46,53-62,65-66,79-82H,19-20,23-42H2,1-12H3/t45-,46-,53?,54?,55?,56?,57?,58?,59?,60?,61?,62?,65+,66+,71-,72-,73+,74+/m0/s1. The molecule has 0 aliphatic heterocycles. The first-order valence-electron chi connectivity index (χ1n) is 33.2. The first kappa shape index (κ1) is 61.2. The summed E-state index contributed by atoms with van der Waals surface area (Å²) < 4.78 is 0. The van der Waals surface area contributed by atoms with Crippen molar-refractivity contribution in [3.8, 4) is 11.5 Å². The Labute approximate surface area is 495 Å². The Balaban J connectivity index is 0.875. The molecule has 0 bridgehead atoms. The maximum atomic E-state index is 14.8. The SMILES string of the molecule is C[C@@H](CCC(=O)C[C@@H](N=Cc1cccc(C(C)(C)C)c1O)[C@@H](CC(=O)CC[C@H](C)C1CCC2C3CC=C4CC(O)CC[C@]4(C)C3CC[C@@]21C)N=Cc1cccc(C(C)(C)C)c1O)C1CCC2C3CC=C4CC(O)CC[C@]4(C)C3CC[C@@]21C. The number of allylic oxidation sites excluding steroid dienone is 2. The van der Waals surface area contributed by atoms with Crippen molar-refractivity contribution < 1.29 is 30.0 Å². The quantitative estimate of drug-likeness (QED) is 0.0919. The molecule has 0 amide bonds. The van der Waals surface area contributed by atoms with Crippen LogP contribution in [0.25, 0.3) is 0 Å². The molecule has 0 radical (unpaired) electrons. The number of aliphatic hydroxyl groups is 2. The van der Waals surface area contributed by atoms with Crippen LogP contribution in [0, 0.1) is 80.8 Å². The number of phenolic OH excluding ortho intramolecular Hbond substituents is 2. The summed E-state index contributed by atoms with van der Waals surface area (Å²) in [4.78, 5) is 40.1. The second-order valence-corrected chi connectivity index (χ2v) is 32.0. The maximum Gasteiger partial charge on any atom is 0.135 e. The molecule has 0 aromatic heterocycles. The minimum Gasteiger partial charge on any atom is -0.507 e. The maximum absolute atomic E-state index is 14.8. The molecule has 2 aromatic rings. The number of carbonyl (C=O) groups excluding carboxylic acids is 2. The summed E-state index contributed by atoms with van der Waals surface area (Å²) in [7, 11) is 0. The molecule has 8 aliphatic carbocycles. The van der Waals surface area contributed by atoms with Gasteiger partial charge in [-0.1, -0.05) is 131 Å². The topological polar surface area (TPSA) is 140 Å². The Morgan fingerprint density at radius 2 is 0.951 bits per heavy atom. The molecule has 0 heterocycles. The van der Waals surface area contributed by atoms with E-state index in [1.54, 1.807) is 12.4 Å². The fourth-order valence-corrected chi connectivity index (χ4v) is 20.6. The van der Waals surface area contributed by atoms with Crippen LogP contribution >= 0.6 is 0 Å². The molecule has 18 atom stereocenters. The molecule has 0 spiro atoms. The van der Waals surface area contributed by atoms with E-state index in [-0.39, 0.29) is 80.6 Å². The highest BCUT2D eigenvalue weighted by atomic mass is 16.3. The molecule has 10 rings (SSSR count). The number of rotatable bonds is 17. The number of nitrogens with zero attached hydrogens (tertiary/aromatic N) is 2. The third-order valence-electron chi connectivity index (χ3n) is 25.3. The predicted octanol–water partition coefficient (Wildman–Crippen LogP) is 16.6. The number of hydrogen-bond acceptors (Lipinski definition) is 8. The van der Waals surface area contributed by atoms with E-state index in [2.05, 4.69) is 95.2 Å². The van der Waals surface area contributed by atoms with Crippen molar-refractivity contribution in [3.05, 3.63) is 82.0 Å². The Kier molecular flexibility index (Phi) is 17.5. The zero-order chi connectivity index (χ0) is 58.9. The Bertz CT molecular complexity index is 2610. The van der Waals surface area contributed by atoms with Crippen molar-refractivity contribution in [2.24, 2.45) is 90.8 Å². The number of aromatic hydroxyl groups is 2. The fraction of sp³-hybridized carbons (Fsp3) is 0.730. The predicted molar refractivity (Wildman–Crippen MR) is 335 cm³/mol. The van der Waals surface area contributed by atoms with E-state index in [0.717, 1.165) is 75.3 Å². The van der Waals surface area contributed by atoms with Gasteiger partial charge in [0.15, 0.2) is 0 Å². The van der Waals surface area contributed by atoms with Gasteiger partial charge in [-0.3, -0.25) is 19.6 Å². The van der Waals surface area contributed by atoms with Gasteiger partial charge >= 0.3 is 0 Å². The van der Waals surface area contributed by atoms with Crippen molar-refractivity contribution in [1.29, 1.82) is 0 Å². The van der Waals surface area contributed by atoms with Crippen LogP contribution in [-0.4, -0.2) is 68.7 Å². The second kappa shape index (κ2) is 23.4. The van der Waals surface area contributed by atoms with Crippen molar-refractivity contribution in [2.45, 2.75) is 259 Å². The summed E-state index contributed by atoms with van der Waals surface area (Å²) >= 11 is 0. The first-order chi connectivity index (χ1) is 38.7. The van der Waals surface area contributed by atoms with Gasteiger partial charge in [-0.2, -0.15) is 0 Å². The second-order valence-electron chi connectivity index (χ2n) is 32.0. The van der Waals surface area contributed by atoms with Crippen LogP contribution in [0.3, 0.4) is 0 Å². The molecular weight excluding hydrogens is 1010 g/mol. The molecule has 4 N–H and O–H groups in total. The van der Waals surface area contributed by atoms with Crippen LogP contribution in [0.4, 0.5) is 0 Å². The van der Waals surface area contributed by atoms with Gasteiger partial charge in [-0.25, -0.2) is 0 Å². The molecule has 6 fully saturated rings. The third kappa shape index (κ3) is 11.6. The normalized spacial score (nSPS) is 36.9. The van der Waals surface area contributed by atoms with E-state index in [4.69, 9.17) is 9.98 Å². The molecule has 2 aromatic carbocycles. The summed E-state index contributed by atoms with van der Waals surface area (Å²) in [6, 6.07) is 10.2. The van der Waals surface area contributed by atoms with Crippen LogP contribution in [0.1, 0.15) is 247 Å². The highest BCUT2D eigenvalue weighted by Gasteiger charge is 2.61. The Morgan fingerprint density at radius 1 is 0.561 bits per heavy atom. The fourth-order valence-electron chi connectivity index (χ4n) is 20.6. The molecule has 0 saturated heterocycles. The van der Waals surface area contributed by atoms with Gasteiger partial charge in [0.2, 0.25) is 0 Å². The largest absolute Gasteiger partial charge is 0.507 e. The summed E-state index contributed by atoms with van der Waals surface area (Å²) in [6.45, 7) is 27.5. The monoisotopic (exact) mass is 1120 g/mol. The molecule has 82 heavy (non-hydrogen) atoms. The lowest BCUT2D eigenvalue weighted by atomic mass is 9.47. The number of fused-ring (bicyclic) bond motifs is 10. The average Bonchev–Trinajstić information content (AvgIpc) is 4.01. The smallest absolute Gasteiger partial charge is 0.135 e. The first-order valence-corrected chi connectivity index (χ1v) is 33.2. The number of aliphatic imine (C=N–C) groups is 2. The van der Waals surface area contributed by atoms with Gasteiger partial charge in [-0.05, 0) is 231 Å². The molecule has 8 heteroatoms. The summed E-state index contributed by atoms with van der Waals surface area (Å²) in [5, 5.41) is 44.6. The van der Waals surface area contributed by atoms with Crippen molar-refractivity contribution >= 4 is 24.0 Å². The highest BCUT2D eigenvalue weighted by molar-refractivity contribution is 5.87. The van der Waals surface area contributed by atoms with Crippen LogP contribution in [0.2, 0.25) is 0 Å². The zero-order valence-electron chi connectivity index (χ0n) is 52.9. The lowest BCUT2D eigenvalue weighted by molar-refractivity contribution is -0.122. The number of benzene rings is 2. The summed E-state index contributed by atoms with van der Waals surface area (Å²) in [5.41, 5.74) is 6.12. The van der Waals surface area contributed by atoms with Crippen molar-refractivity contribution in [2.75, 3.05) is 0 Å². The summed E-state index contributed by atoms with van der Waals surface area (Å²) in [6.07, 6.45) is 28.8. The van der Waals surface area contributed by atoms with E-state index in [0.29, 0.717) is 83.1 Å². The lowest BCUT2D eigenvalue weighted by Gasteiger charge is -2.58. The van der Waals surface area contributed by atoms with Gasteiger partial charge < -0.3 is 20.4 Å². The van der Waals surface area contributed by atoms with Crippen LogP contribution in [-0.2, 0) is 20.4 Å². The molecule has 8 nitrogen and oxygen atoms in total. The van der Waals surface area contributed by atoms with E-state index in [1.807, 2.05) is 36.4 Å². The van der Waals surface area contributed by atoms with E-state index in [1.165, 1.54) is 62.5 Å². The van der Waals surface area contributed by atoms with Crippen molar-refractivity contribution in [3.63, 3.8) is 0 Å². The van der Waals surface area contributed by atoms with Gasteiger partial charge in [0.05, 0.1) is 24.3 Å². The number of aliphatic hydroxyl groups excluding tert-OH is 2. The minimum absolute atomic E-state index is 0.124. The van der Waals surface area contributed by atoms with Crippen molar-refractivity contribution in [1.82, 2.24) is 0 Å². The molecule has 8 aliphatic rings. The number of para-hydroxylation sites is 2. The molecule has 10 unspecified atom stereocenters. The molecule has 6 saturated carbocycles. The number of Topliss-reactive ketones (excluding diaryl/α,β-unsaturated/α-hetero) is 2. The molecular formula is C74H108N2O6.